The van der Waals surface area contributed by atoms with Gasteiger partial charge in [-0.2, -0.15) is 0 Å². The third-order valence-corrected chi connectivity index (χ3v) is 5.72. The average Bonchev–Trinajstić information content (AvgIpc) is 2.16. The number of aliphatic hydroxyl groups excluding tert-OH is 1. The summed E-state index contributed by atoms with van der Waals surface area (Å²) < 4.78 is 25.5. The standard InChI is InChI=1S/C11H21NO3S/c13-8-11-6-12(7-11)16(14,15)9-10-4-2-1-3-5-10/h10-11,13H,1-9H2. The van der Waals surface area contributed by atoms with Crippen LogP contribution >= 0.6 is 0 Å². The second-order valence-electron chi connectivity index (χ2n) is 5.15. The molecular weight excluding hydrogens is 226 g/mol. The van der Waals surface area contributed by atoms with Gasteiger partial charge in [0.15, 0.2) is 0 Å². The molecular formula is C11H21NO3S. The molecule has 0 atom stereocenters. The second-order valence-corrected chi connectivity index (χ2v) is 7.16. The van der Waals surface area contributed by atoms with E-state index in [0.717, 1.165) is 12.8 Å². The molecule has 0 spiro atoms. The van der Waals surface area contributed by atoms with Crippen LogP contribution in [-0.4, -0.2) is 43.3 Å². The maximum Gasteiger partial charge on any atom is 0.214 e. The van der Waals surface area contributed by atoms with Gasteiger partial charge in [-0.3, -0.25) is 0 Å². The molecule has 0 aromatic carbocycles. The Balaban J connectivity index is 1.83. The third-order valence-electron chi connectivity index (χ3n) is 3.75. The summed E-state index contributed by atoms with van der Waals surface area (Å²) in [6.07, 6.45) is 5.75. The minimum Gasteiger partial charge on any atom is -0.396 e. The zero-order valence-electron chi connectivity index (χ0n) is 9.64. The number of hydrogen-bond acceptors (Lipinski definition) is 3. The molecule has 2 aliphatic rings. The van der Waals surface area contributed by atoms with Crippen LogP contribution in [0.15, 0.2) is 0 Å². The lowest BCUT2D eigenvalue weighted by Gasteiger charge is -2.38. The predicted octanol–water partition coefficient (Wildman–Crippen LogP) is 0.821. The van der Waals surface area contributed by atoms with Crippen LogP contribution in [0.2, 0.25) is 0 Å². The first-order valence-electron chi connectivity index (χ1n) is 6.20. The van der Waals surface area contributed by atoms with Gasteiger partial charge < -0.3 is 5.11 Å². The second kappa shape index (κ2) is 5.02. The lowest BCUT2D eigenvalue weighted by atomic mass is 9.91. The number of hydrogen-bond donors (Lipinski definition) is 1. The molecule has 1 N–H and O–H groups in total. The fourth-order valence-corrected chi connectivity index (χ4v) is 4.64. The molecule has 1 saturated heterocycles. The summed E-state index contributed by atoms with van der Waals surface area (Å²) in [6, 6.07) is 0. The van der Waals surface area contributed by atoms with Crippen molar-refractivity contribution in [3.63, 3.8) is 0 Å². The molecule has 0 aromatic heterocycles. The van der Waals surface area contributed by atoms with E-state index in [1.54, 1.807) is 0 Å². The van der Waals surface area contributed by atoms with E-state index >= 15 is 0 Å². The molecule has 4 nitrogen and oxygen atoms in total. The topological polar surface area (TPSA) is 57.6 Å². The first-order chi connectivity index (χ1) is 7.62. The molecule has 1 aliphatic carbocycles. The summed E-state index contributed by atoms with van der Waals surface area (Å²) in [5.41, 5.74) is 0. The Morgan fingerprint density at radius 1 is 1.06 bits per heavy atom. The van der Waals surface area contributed by atoms with Crippen molar-refractivity contribution in [2.24, 2.45) is 11.8 Å². The summed E-state index contributed by atoms with van der Waals surface area (Å²) in [5, 5.41) is 8.87. The smallest absolute Gasteiger partial charge is 0.214 e. The molecule has 16 heavy (non-hydrogen) atoms. The van der Waals surface area contributed by atoms with Gasteiger partial charge in [-0.15, -0.1) is 0 Å². The molecule has 0 radical (unpaired) electrons. The Bertz CT molecular complexity index is 316. The fourth-order valence-electron chi connectivity index (χ4n) is 2.62. The van der Waals surface area contributed by atoms with Crippen LogP contribution in [0.4, 0.5) is 0 Å². The van der Waals surface area contributed by atoms with Crippen molar-refractivity contribution < 1.29 is 13.5 Å². The van der Waals surface area contributed by atoms with Gasteiger partial charge in [-0.05, 0) is 18.8 Å². The van der Waals surface area contributed by atoms with Crippen molar-refractivity contribution in [2.75, 3.05) is 25.4 Å². The lowest BCUT2D eigenvalue weighted by Crippen LogP contribution is -2.52. The van der Waals surface area contributed by atoms with E-state index in [9.17, 15) is 8.42 Å². The van der Waals surface area contributed by atoms with Gasteiger partial charge in [0, 0.05) is 25.6 Å². The van der Waals surface area contributed by atoms with Crippen molar-refractivity contribution in [1.29, 1.82) is 0 Å². The van der Waals surface area contributed by atoms with E-state index in [0.29, 0.717) is 24.8 Å². The van der Waals surface area contributed by atoms with Crippen molar-refractivity contribution >= 4 is 10.0 Å². The first-order valence-corrected chi connectivity index (χ1v) is 7.81. The monoisotopic (exact) mass is 247 g/mol. The Morgan fingerprint density at radius 2 is 1.69 bits per heavy atom. The van der Waals surface area contributed by atoms with Gasteiger partial charge in [0.05, 0.1) is 5.75 Å². The van der Waals surface area contributed by atoms with Gasteiger partial charge in [-0.1, -0.05) is 19.3 Å². The Labute approximate surface area is 97.7 Å². The van der Waals surface area contributed by atoms with Gasteiger partial charge in [0.2, 0.25) is 10.0 Å². The minimum absolute atomic E-state index is 0.107. The highest BCUT2D eigenvalue weighted by Crippen LogP contribution is 2.28. The quantitative estimate of drug-likeness (QED) is 0.800. The normalized spacial score (nSPS) is 25.6. The summed E-state index contributed by atoms with van der Waals surface area (Å²) in [7, 11) is -3.04. The molecule has 0 amide bonds. The lowest BCUT2D eigenvalue weighted by molar-refractivity contribution is 0.116. The Morgan fingerprint density at radius 3 is 2.25 bits per heavy atom. The van der Waals surface area contributed by atoms with E-state index in [1.807, 2.05) is 0 Å². The largest absolute Gasteiger partial charge is 0.396 e. The van der Waals surface area contributed by atoms with Crippen LogP contribution in [0.25, 0.3) is 0 Å². The third kappa shape index (κ3) is 2.76. The SMILES string of the molecule is O=S(=O)(CC1CCCCC1)N1CC(CO)C1. The van der Waals surface area contributed by atoms with E-state index in [2.05, 4.69) is 0 Å². The average molecular weight is 247 g/mol. The van der Waals surface area contributed by atoms with Crippen LogP contribution < -0.4 is 0 Å². The van der Waals surface area contributed by atoms with Crippen LogP contribution in [0.1, 0.15) is 32.1 Å². The maximum atomic E-state index is 12.0. The van der Waals surface area contributed by atoms with E-state index in [1.165, 1.54) is 23.6 Å². The molecule has 2 rings (SSSR count). The van der Waals surface area contributed by atoms with Crippen LogP contribution in [0, 0.1) is 11.8 Å². The minimum atomic E-state index is -3.04. The molecule has 94 valence electrons. The van der Waals surface area contributed by atoms with E-state index in [4.69, 9.17) is 5.11 Å². The van der Waals surface area contributed by atoms with E-state index in [-0.39, 0.29) is 12.5 Å². The van der Waals surface area contributed by atoms with Crippen LogP contribution in [0.3, 0.4) is 0 Å². The highest BCUT2D eigenvalue weighted by atomic mass is 32.2. The summed E-state index contributed by atoms with van der Waals surface area (Å²) in [6.45, 7) is 1.15. The number of aliphatic hydroxyl groups is 1. The predicted molar refractivity (Wildman–Crippen MR) is 62.5 cm³/mol. The Hall–Kier alpha value is -0.130. The zero-order chi connectivity index (χ0) is 11.6. The fraction of sp³-hybridized carbons (Fsp3) is 1.00. The number of nitrogens with zero attached hydrogens (tertiary/aromatic N) is 1. The van der Waals surface area contributed by atoms with Crippen molar-refractivity contribution in [2.45, 2.75) is 32.1 Å². The van der Waals surface area contributed by atoms with Crippen molar-refractivity contribution in [3.8, 4) is 0 Å². The van der Waals surface area contributed by atoms with Crippen LogP contribution in [0.5, 0.6) is 0 Å². The molecule has 0 aromatic rings. The van der Waals surface area contributed by atoms with Gasteiger partial charge in [-0.25, -0.2) is 12.7 Å². The number of rotatable bonds is 4. The molecule has 2 fully saturated rings. The van der Waals surface area contributed by atoms with Gasteiger partial charge >= 0.3 is 0 Å². The highest BCUT2D eigenvalue weighted by molar-refractivity contribution is 7.89. The van der Waals surface area contributed by atoms with Gasteiger partial charge in [0.1, 0.15) is 0 Å². The summed E-state index contributed by atoms with van der Waals surface area (Å²) >= 11 is 0. The summed E-state index contributed by atoms with van der Waals surface area (Å²) in [4.78, 5) is 0. The maximum absolute atomic E-state index is 12.0. The van der Waals surface area contributed by atoms with Crippen molar-refractivity contribution in [3.05, 3.63) is 0 Å². The molecule has 1 saturated carbocycles. The highest BCUT2D eigenvalue weighted by Gasteiger charge is 2.36. The van der Waals surface area contributed by atoms with Gasteiger partial charge in [0.25, 0.3) is 0 Å². The molecule has 1 heterocycles. The molecule has 5 heteroatoms. The zero-order valence-corrected chi connectivity index (χ0v) is 10.5. The Kier molecular flexibility index (Phi) is 3.87. The van der Waals surface area contributed by atoms with Crippen molar-refractivity contribution in [1.82, 2.24) is 4.31 Å². The molecule has 0 bridgehead atoms. The number of sulfonamides is 1. The first kappa shape index (κ1) is 12.3. The van der Waals surface area contributed by atoms with Crippen LogP contribution in [-0.2, 0) is 10.0 Å². The summed E-state index contributed by atoms with van der Waals surface area (Å²) in [5.74, 6) is 0.860. The van der Waals surface area contributed by atoms with E-state index < -0.39 is 10.0 Å². The molecule has 1 aliphatic heterocycles. The molecule has 0 unspecified atom stereocenters.